The molecule has 0 saturated heterocycles. The predicted molar refractivity (Wildman–Crippen MR) is 83.4 cm³/mol. The Balaban J connectivity index is 1.81. The fraction of sp³-hybridized carbons (Fsp3) is 0.0625. The lowest BCUT2D eigenvalue weighted by atomic mass is 10.3. The number of benzene rings is 2. The number of nitrogens with zero attached hydrogens (tertiary/aromatic N) is 2. The first-order valence-electron chi connectivity index (χ1n) is 6.81. The van der Waals surface area contributed by atoms with E-state index in [4.69, 9.17) is 5.73 Å². The zero-order chi connectivity index (χ0) is 16.2. The van der Waals surface area contributed by atoms with Gasteiger partial charge in [-0.05, 0) is 22.9 Å². The molecule has 2 aromatic carbocycles. The Morgan fingerprint density at radius 1 is 1.22 bits per heavy atom. The molecule has 0 aliphatic heterocycles. The molecule has 6 nitrogen and oxygen atoms in total. The van der Waals surface area contributed by atoms with Crippen LogP contribution in [0.4, 0.5) is 5.69 Å². The Morgan fingerprint density at radius 3 is 2.74 bits per heavy atom. The number of nitrogens with two attached hydrogens (primary N) is 1. The summed E-state index contributed by atoms with van der Waals surface area (Å²) in [6.07, 6.45) is 0. The van der Waals surface area contributed by atoms with Gasteiger partial charge in [0.15, 0.2) is 5.95 Å². The van der Waals surface area contributed by atoms with Gasteiger partial charge in [0.05, 0.1) is 11.0 Å². The van der Waals surface area contributed by atoms with Gasteiger partial charge in [0.1, 0.15) is 0 Å². The number of rotatable bonds is 5. The normalized spacial score (nSPS) is 10.6. The molecule has 0 unspecified atom stereocenters. The topological polar surface area (TPSA) is 96.1 Å². The molecule has 0 atom stereocenters. The van der Waals surface area contributed by atoms with Crippen molar-refractivity contribution in [3.63, 3.8) is 0 Å². The van der Waals surface area contributed by atoms with Crippen molar-refractivity contribution in [2.24, 2.45) is 0 Å². The SMILES string of the molecule is Nc1cccc(SCC(=O)c2c([O-])on[n+]2-c2ccccc2)c1. The molecular weight excluding hydrogens is 314 g/mol. The molecule has 0 bridgehead atoms. The van der Waals surface area contributed by atoms with Gasteiger partial charge in [0, 0.05) is 22.7 Å². The van der Waals surface area contributed by atoms with E-state index in [1.54, 1.807) is 36.4 Å². The van der Waals surface area contributed by atoms with Crippen LogP contribution >= 0.6 is 11.8 Å². The van der Waals surface area contributed by atoms with Gasteiger partial charge < -0.3 is 15.4 Å². The molecular formula is C16H13N3O3S. The van der Waals surface area contributed by atoms with Gasteiger partial charge in [-0.1, -0.05) is 24.3 Å². The first-order chi connectivity index (χ1) is 11.1. The predicted octanol–water partition coefficient (Wildman–Crippen LogP) is 1.58. The number of carbonyl (C=O) groups is 1. The molecule has 0 aliphatic rings. The maximum atomic E-state index is 12.4. The Hall–Kier alpha value is -2.80. The monoisotopic (exact) mass is 327 g/mol. The number of hydrogen-bond donors (Lipinski definition) is 1. The van der Waals surface area contributed by atoms with E-state index in [0.29, 0.717) is 11.4 Å². The zero-order valence-electron chi connectivity index (χ0n) is 12.0. The van der Waals surface area contributed by atoms with Crippen molar-refractivity contribution in [3.8, 4) is 11.6 Å². The van der Waals surface area contributed by atoms with E-state index in [1.165, 1.54) is 16.4 Å². The number of hydrogen-bond acceptors (Lipinski definition) is 6. The van der Waals surface area contributed by atoms with E-state index < -0.39 is 5.95 Å². The van der Waals surface area contributed by atoms with E-state index in [0.717, 1.165) is 4.90 Å². The summed E-state index contributed by atoms with van der Waals surface area (Å²) in [5.41, 5.74) is 6.83. The molecule has 23 heavy (non-hydrogen) atoms. The molecule has 7 heteroatoms. The molecule has 1 aromatic heterocycles. The molecule has 3 aromatic rings. The van der Waals surface area contributed by atoms with Crippen molar-refractivity contribution in [2.75, 3.05) is 11.5 Å². The van der Waals surface area contributed by atoms with Crippen LogP contribution in [0, 0.1) is 0 Å². The third kappa shape index (κ3) is 3.35. The van der Waals surface area contributed by atoms with E-state index in [1.807, 2.05) is 18.2 Å². The zero-order valence-corrected chi connectivity index (χ0v) is 12.8. The number of nitrogen functional groups attached to an aromatic ring is 1. The number of thioether (sulfide) groups is 1. The highest BCUT2D eigenvalue weighted by Crippen LogP contribution is 2.22. The van der Waals surface area contributed by atoms with Crippen LogP contribution in [-0.4, -0.2) is 16.8 Å². The van der Waals surface area contributed by atoms with Crippen LogP contribution in [0.2, 0.25) is 0 Å². The number of anilines is 1. The van der Waals surface area contributed by atoms with Crippen LogP contribution in [0.3, 0.4) is 0 Å². The highest BCUT2D eigenvalue weighted by Gasteiger charge is 2.27. The highest BCUT2D eigenvalue weighted by molar-refractivity contribution is 8.00. The van der Waals surface area contributed by atoms with Crippen molar-refractivity contribution in [1.29, 1.82) is 0 Å². The van der Waals surface area contributed by atoms with Gasteiger partial charge in [0.2, 0.25) is 11.5 Å². The maximum Gasteiger partial charge on any atom is 0.307 e. The van der Waals surface area contributed by atoms with E-state index in [-0.39, 0.29) is 17.2 Å². The van der Waals surface area contributed by atoms with Crippen LogP contribution in [0.25, 0.3) is 5.69 Å². The van der Waals surface area contributed by atoms with Crippen molar-refractivity contribution in [2.45, 2.75) is 4.90 Å². The number of Topliss-reactive ketones (excluding diaryl/α,β-unsaturated/α-hetero) is 1. The van der Waals surface area contributed by atoms with Crippen LogP contribution < -0.4 is 15.5 Å². The quantitative estimate of drug-likeness (QED) is 0.331. The van der Waals surface area contributed by atoms with Crippen LogP contribution in [-0.2, 0) is 0 Å². The third-order valence-electron chi connectivity index (χ3n) is 3.10. The summed E-state index contributed by atoms with van der Waals surface area (Å²) in [7, 11) is 0. The second-order valence-electron chi connectivity index (χ2n) is 4.74. The van der Waals surface area contributed by atoms with Crippen LogP contribution in [0.5, 0.6) is 5.95 Å². The molecule has 2 N–H and O–H groups in total. The average molecular weight is 327 g/mol. The standard InChI is InChI=1S/C16H13N3O3S/c17-11-5-4-8-13(9-11)23-10-14(20)15-16(21)22-18-19(15)12-6-2-1-3-7-12/h1-9H,10,17H2. The summed E-state index contributed by atoms with van der Waals surface area (Å²) in [6, 6.07) is 16.1. The lowest BCUT2D eigenvalue weighted by Crippen LogP contribution is -2.39. The van der Waals surface area contributed by atoms with Gasteiger partial charge >= 0.3 is 5.69 Å². The molecule has 3 rings (SSSR count). The summed E-state index contributed by atoms with van der Waals surface area (Å²) in [5.74, 6) is -1.01. The number of ketones is 1. The third-order valence-corrected chi connectivity index (χ3v) is 4.10. The van der Waals surface area contributed by atoms with Gasteiger partial charge in [-0.15, -0.1) is 11.8 Å². The minimum Gasteiger partial charge on any atom is -0.539 e. The fourth-order valence-corrected chi connectivity index (χ4v) is 2.88. The summed E-state index contributed by atoms with van der Waals surface area (Å²) in [6.45, 7) is 0. The second kappa shape index (κ2) is 6.53. The first kappa shape index (κ1) is 15.1. The van der Waals surface area contributed by atoms with Gasteiger partial charge in [-0.3, -0.25) is 4.79 Å². The molecule has 0 amide bonds. The molecule has 116 valence electrons. The number of carbonyl (C=O) groups excluding carboxylic acids is 1. The van der Waals surface area contributed by atoms with Crippen molar-refractivity contribution >= 4 is 23.2 Å². The van der Waals surface area contributed by atoms with E-state index >= 15 is 0 Å². The minimum absolute atomic E-state index is 0.0900. The fourth-order valence-electron chi connectivity index (χ4n) is 2.05. The Kier molecular flexibility index (Phi) is 4.29. The smallest absolute Gasteiger partial charge is 0.307 e. The summed E-state index contributed by atoms with van der Waals surface area (Å²) in [4.78, 5) is 13.3. The Morgan fingerprint density at radius 2 is 2.00 bits per heavy atom. The van der Waals surface area contributed by atoms with Gasteiger partial charge in [-0.25, -0.2) is 0 Å². The number of para-hydroxylation sites is 1. The molecule has 0 radical (unpaired) electrons. The summed E-state index contributed by atoms with van der Waals surface area (Å²) >= 11 is 1.30. The second-order valence-corrected chi connectivity index (χ2v) is 5.79. The minimum atomic E-state index is -0.743. The van der Waals surface area contributed by atoms with Crippen LogP contribution in [0.1, 0.15) is 10.5 Å². The molecule has 1 heterocycles. The number of aromatic nitrogens is 2. The van der Waals surface area contributed by atoms with Gasteiger partial charge in [0.25, 0.3) is 0 Å². The van der Waals surface area contributed by atoms with Crippen molar-refractivity contribution in [1.82, 2.24) is 5.27 Å². The molecule has 0 fully saturated rings. The lowest BCUT2D eigenvalue weighted by molar-refractivity contribution is -0.672. The highest BCUT2D eigenvalue weighted by atomic mass is 32.2. The molecule has 0 spiro atoms. The van der Waals surface area contributed by atoms with Crippen molar-refractivity contribution < 1.29 is 19.1 Å². The average Bonchev–Trinajstić information content (AvgIpc) is 2.95. The van der Waals surface area contributed by atoms with Gasteiger partial charge in [-0.2, -0.15) is 0 Å². The Bertz CT molecular complexity index is 834. The maximum absolute atomic E-state index is 12.4. The molecule has 0 saturated carbocycles. The Labute approximate surface area is 136 Å². The largest absolute Gasteiger partial charge is 0.539 e. The summed E-state index contributed by atoms with van der Waals surface area (Å²) in [5, 5.41) is 15.5. The van der Waals surface area contributed by atoms with E-state index in [9.17, 15) is 9.90 Å². The summed E-state index contributed by atoms with van der Waals surface area (Å²) < 4.78 is 5.88. The lowest BCUT2D eigenvalue weighted by Gasteiger charge is -2.01. The van der Waals surface area contributed by atoms with E-state index in [2.05, 4.69) is 9.79 Å². The van der Waals surface area contributed by atoms with Crippen molar-refractivity contribution in [3.05, 3.63) is 60.3 Å². The first-order valence-corrected chi connectivity index (χ1v) is 7.79. The molecule has 0 aliphatic carbocycles. The van der Waals surface area contributed by atoms with Crippen LogP contribution in [0.15, 0.2) is 64.0 Å².